The number of carbonyl (C=O) groups is 1. The van der Waals surface area contributed by atoms with Gasteiger partial charge in [0.15, 0.2) is 6.10 Å². The lowest BCUT2D eigenvalue weighted by atomic mass is 10.0. The van der Waals surface area contributed by atoms with Crippen LogP contribution in [0.2, 0.25) is 0 Å². The summed E-state index contributed by atoms with van der Waals surface area (Å²) >= 11 is 0. The predicted octanol–water partition coefficient (Wildman–Crippen LogP) is 2.17. The third-order valence-electron chi connectivity index (χ3n) is 3.24. The highest BCUT2D eigenvalue weighted by molar-refractivity contribution is 5.82. The van der Waals surface area contributed by atoms with Crippen molar-refractivity contribution in [3.8, 4) is 0 Å². The van der Waals surface area contributed by atoms with Gasteiger partial charge in [-0.3, -0.25) is 9.89 Å². The molecule has 1 N–H and O–H groups in total. The molecule has 1 aromatic carbocycles. The normalized spacial score (nSPS) is 12.9. The lowest BCUT2D eigenvalue weighted by Crippen LogP contribution is -2.33. The second-order valence-electron chi connectivity index (χ2n) is 4.83. The van der Waals surface area contributed by atoms with Crippen molar-refractivity contribution in [3.63, 3.8) is 0 Å². The zero-order chi connectivity index (χ0) is 17.0. The summed E-state index contributed by atoms with van der Waals surface area (Å²) in [4.78, 5) is 17.5. The van der Waals surface area contributed by atoms with Crippen molar-refractivity contribution in [1.82, 2.24) is 20.1 Å². The van der Waals surface area contributed by atoms with Gasteiger partial charge in [-0.15, -0.1) is 0 Å². The Kier molecular flexibility index (Phi) is 4.99. The third kappa shape index (κ3) is 3.86. The molecule has 0 aliphatic heterocycles. The van der Waals surface area contributed by atoms with Gasteiger partial charge in [-0.2, -0.15) is 18.3 Å². The highest BCUT2D eigenvalue weighted by Gasteiger charge is 2.37. The van der Waals surface area contributed by atoms with E-state index in [1.54, 1.807) is 0 Å². The minimum absolute atomic E-state index is 0.0763. The predicted molar refractivity (Wildman–Crippen MR) is 74.1 cm³/mol. The van der Waals surface area contributed by atoms with Gasteiger partial charge >= 0.3 is 6.18 Å². The summed E-state index contributed by atoms with van der Waals surface area (Å²) in [6.07, 6.45) is -4.65. The molecule has 0 spiro atoms. The van der Waals surface area contributed by atoms with Gasteiger partial charge in [0.25, 0.3) is 5.91 Å². The molecule has 2 rings (SSSR count). The van der Waals surface area contributed by atoms with Crippen LogP contribution in [-0.4, -0.2) is 40.1 Å². The van der Waals surface area contributed by atoms with Crippen molar-refractivity contribution < 1.29 is 22.7 Å². The number of benzene rings is 1. The van der Waals surface area contributed by atoms with Crippen LogP contribution >= 0.6 is 0 Å². The van der Waals surface area contributed by atoms with Crippen molar-refractivity contribution in [2.45, 2.75) is 18.8 Å². The number of rotatable bonds is 5. The van der Waals surface area contributed by atoms with Crippen LogP contribution in [0, 0.1) is 0 Å². The highest BCUT2D eigenvalue weighted by atomic mass is 19.4. The number of methoxy groups -OCH3 is 1. The molecule has 124 valence electrons. The fraction of sp³-hybridized carbons (Fsp3) is 0.357. The maximum Gasteiger partial charge on any atom is 0.416 e. The second-order valence-corrected chi connectivity index (χ2v) is 4.83. The fourth-order valence-corrected chi connectivity index (χ4v) is 2.15. The average molecular weight is 328 g/mol. The van der Waals surface area contributed by atoms with E-state index in [-0.39, 0.29) is 12.1 Å². The Balaban J connectivity index is 2.27. The molecule has 23 heavy (non-hydrogen) atoms. The van der Waals surface area contributed by atoms with Crippen LogP contribution in [0.15, 0.2) is 30.6 Å². The Morgan fingerprint density at radius 2 is 2.09 bits per heavy atom. The van der Waals surface area contributed by atoms with Crippen LogP contribution < -0.4 is 0 Å². The SMILES string of the molecule is COC(C(=O)N(C)Cc1ncn[nH]1)c1ccccc1C(F)(F)F. The lowest BCUT2D eigenvalue weighted by molar-refractivity contribution is -0.145. The van der Waals surface area contributed by atoms with Gasteiger partial charge in [-0.05, 0) is 6.07 Å². The number of halogens is 3. The van der Waals surface area contributed by atoms with E-state index in [2.05, 4.69) is 15.2 Å². The maximum atomic E-state index is 13.1. The number of aromatic amines is 1. The molecule has 0 radical (unpaired) electrons. The van der Waals surface area contributed by atoms with Gasteiger partial charge in [0.05, 0.1) is 12.1 Å². The Labute approximate surface area is 130 Å². The van der Waals surface area contributed by atoms with Crippen LogP contribution in [0.3, 0.4) is 0 Å². The zero-order valence-corrected chi connectivity index (χ0v) is 12.5. The van der Waals surface area contributed by atoms with Crippen LogP contribution in [0.1, 0.15) is 23.1 Å². The van der Waals surface area contributed by atoms with E-state index in [4.69, 9.17) is 4.74 Å². The van der Waals surface area contributed by atoms with Gasteiger partial charge < -0.3 is 9.64 Å². The molecular formula is C14H15F3N4O2. The molecule has 0 fully saturated rings. The molecule has 2 aromatic rings. The Morgan fingerprint density at radius 3 is 2.65 bits per heavy atom. The quantitative estimate of drug-likeness (QED) is 0.913. The fourth-order valence-electron chi connectivity index (χ4n) is 2.15. The van der Waals surface area contributed by atoms with Gasteiger partial charge in [0.1, 0.15) is 12.2 Å². The Bertz CT molecular complexity index is 658. The molecular weight excluding hydrogens is 313 g/mol. The molecule has 1 unspecified atom stereocenters. The van der Waals surface area contributed by atoms with Gasteiger partial charge in [-0.1, -0.05) is 18.2 Å². The van der Waals surface area contributed by atoms with Crippen LogP contribution in [0.5, 0.6) is 0 Å². The number of hydrogen-bond donors (Lipinski definition) is 1. The first-order valence-corrected chi connectivity index (χ1v) is 6.62. The van der Waals surface area contributed by atoms with E-state index in [1.165, 1.54) is 43.6 Å². The molecule has 9 heteroatoms. The first-order valence-electron chi connectivity index (χ1n) is 6.62. The molecule has 0 saturated heterocycles. The summed E-state index contributed by atoms with van der Waals surface area (Å²) in [7, 11) is 2.64. The first kappa shape index (κ1) is 16.9. The van der Waals surface area contributed by atoms with Gasteiger partial charge in [0, 0.05) is 19.7 Å². The molecule has 0 aliphatic carbocycles. The van der Waals surface area contributed by atoms with Crippen molar-refractivity contribution in [2.24, 2.45) is 0 Å². The van der Waals surface area contributed by atoms with E-state index in [0.717, 1.165) is 6.07 Å². The number of ether oxygens (including phenoxy) is 1. The van der Waals surface area contributed by atoms with Gasteiger partial charge in [-0.25, -0.2) is 4.98 Å². The number of H-pyrrole nitrogens is 1. The Morgan fingerprint density at radius 1 is 1.39 bits per heavy atom. The summed E-state index contributed by atoms with van der Waals surface area (Å²) in [6, 6.07) is 4.85. The number of nitrogens with zero attached hydrogens (tertiary/aromatic N) is 3. The molecule has 0 bridgehead atoms. The average Bonchev–Trinajstić information content (AvgIpc) is 3.00. The summed E-state index contributed by atoms with van der Waals surface area (Å²) in [5, 5.41) is 6.23. The largest absolute Gasteiger partial charge is 0.416 e. The van der Waals surface area contributed by atoms with Crippen molar-refractivity contribution >= 4 is 5.91 Å². The molecule has 0 aliphatic rings. The van der Waals surface area contributed by atoms with Crippen molar-refractivity contribution in [1.29, 1.82) is 0 Å². The molecule has 1 heterocycles. The number of hydrogen-bond acceptors (Lipinski definition) is 4. The van der Waals surface area contributed by atoms with E-state index >= 15 is 0 Å². The monoisotopic (exact) mass is 328 g/mol. The van der Waals surface area contributed by atoms with Crippen LogP contribution in [-0.2, 0) is 22.3 Å². The smallest absolute Gasteiger partial charge is 0.367 e. The number of amides is 1. The van der Waals surface area contributed by atoms with Crippen molar-refractivity contribution in [2.75, 3.05) is 14.2 Å². The number of aromatic nitrogens is 3. The number of likely N-dealkylation sites (N-methyl/N-ethyl adjacent to an activating group) is 1. The second kappa shape index (κ2) is 6.78. The highest BCUT2D eigenvalue weighted by Crippen LogP contribution is 2.35. The van der Waals surface area contributed by atoms with E-state index in [1.807, 2.05) is 0 Å². The van der Waals surface area contributed by atoms with E-state index in [0.29, 0.717) is 5.82 Å². The number of nitrogens with one attached hydrogen (secondary N) is 1. The first-order chi connectivity index (χ1) is 10.8. The summed E-state index contributed by atoms with van der Waals surface area (Å²) in [5.74, 6) is -0.194. The van der Waals surface area contributed by atoms with Gasteiger partial charge in [0.2, 0.25) is 0 Å². The van der Waals surface area contributed by atoms with Crippen LogP contribution in [0.25, 0.3) is 0 Å². The summed E-state index contributed by atoms with van der Waals surface area (Å²) in [6.45, 7) is 0.0763. The van der Waals surface area contributed by atoms with Crippen molar-refractivity contribution in [3.05, 3.63) is 47.5 Å². The Hall–Kier alpha value is -2.42. The zero-order valence-electron chi connectivity index (χ0n) is 12.5. The maximum absolute atomic E-state index is 13.1. The lowest BCUT2D eigenvalue weighted by Gasteiger charge is -2.24. The minimum Gasteiger partial charge on any atom is -0.367 e. The third-order valence-corrected chi connectivity index (χ3v) is 3.24. The van der Waals surface area contributed by atoms with Crippen LogP contribution in [0.4, 0.5) is 13.2 Å². The standard InChI is InChI=1S/C14H15F3N4O2/c1-21(7-11-18-8-19-20-11)13(22)12(23-2)9-5-3-4-6-10(9)14(15,16)17/h3-6,8,12H,7H2,1-2H3,(H,18,19,20). The number of carbonyl (C=O) groups excluding carboxylic acids is 1. The van der Waals surface area contributed by atoms with E-state index in [9.17, 15) is 18.0 Å². The molecule has 1 atom stereocenters. The topological polar surface area (TPSA) is 71.1 Å². The molecule has 1 aromatic heterocycles. The molecule has 1 amide bonds. The summed E-state index contributed by atoms with van der Waals surface area (Å²) in [5.41, 5.74) is -1.12. The number of alkyl halides is 3. The molecule has 6 nitrogen and oxygen atoms in total. The minimum atomic E-state index is -4.57. The molecule has 0 saturated carbocycles. The van der Waals surface area contributed by atoms with E-state index < -0.39 is 23.8 Å². The summed E-state index contributed by atoms with van der Waals surface area (Å²) < 4.78 is 44.4.